The van der Waals surface area contributed by atoms with Gasteiger partial charge in [0.05, 0.1) is 30.7 Å². The van der Waals surface area contributed by atoms with Crippen molar-refractivity contribution < 1.29 is 19.1 Å². The van der Waals surface area contributed by atoms with Gasteiger partial charge < -0.3 is 4.74 Å². The summed E-state index contributed by atoms with van der Waals surface area (Å²) in [6.45, 7) is 1.91. The standard InChI is InChI=1S/C25H23NO4/c1-2-30-25(29)21-15-9-10-16-22(21)26(23(27)17-19-11-5-3-6-12-19)24(28)18-20-13-7-4-8-14-20/h3-16H,2,17-18H2,1H3. The third-order valence-corrected chi connectivity index (χ3v) is 4.54. The predicted molar refractivity (Wildman–Crippen MR) is 115 cm³/mol. The number of carbonyl (C=O) groups is 3. The highest BCUT2D eigenvalue weighted by molar-refractivity contribution is 6.18. The molecule has 0 aliphatic rings. The van der Waals surface area contributed by atoms with E-state index >= 15 is 0 Å². The number of imide groups is 1. The van der Waals surface area contributed by atoms with E-state index in [9.17, 15) is 14.4 Å². The Bertz CT molecular complexity index is 962. The van der Waals surface area contributed by atoms with E-state index in [4.69, 9.17) is 4.74 Å². The Kier molecular flexibility index (Phi) is 7.11. The maximum Gasteiger partial charge on any atom is 0.340 e. The van der Waals surface area contributed by atoms with Crippen LogP contribution in [0.2, 0.25) is 0 Å². The maximum atomic E-state index is 13.2. The van der Waals surface area contributed by atoms with Crippen molar-refractivity contribution in [1.82, 2.24) is 0 Å². The van der Waals surface area contributed by atoms with Gasteiger partial charge in [0, 0.05) is 0 Å². The lowest BCUT2D eigenvalue weighted by atomic mass is 10.1. The predicted octanol–water partition coefficient (Wildman–Crippen LogP) is 4.21. The highest BCUT2D eigenvalue weighted by Gasteiger charge is 2.28. The fourth-order valence-corrected chi connectivity index (χ4v) is 3.16. The number of nitrogens with zero attached hydrogens (tertiary/aromatic N) is 1. The molecule has 0 aliphatic carbocycles. The van der Waals surface area contributed by atoms with Gasteiger partial charge >= 0.3 is 5.97 Å². The highest BCUT2D eigenvalue weighted by atomic mass is 16.5. The quantitative estimate of drug-likeness (QED) is 0.557. The van der Waals surface area contributed by atoms with E-state index in [-0.39, 0.29) is 30.7 Å². The van der Waals surface area contributed by atoms with Crippen molar-refractivity contribution in [2.45, 2.75) is 19.8 Å². The topological polar surface area (TPSA) is 63.7 Å². The van der Waals surface area contributed by atoms with Gasteiger partial charge in [0.25, 0.3) is 0 Å². The van der Waals surface area contributed by atoms with Gasteiger partial charge in [-0.1, -0.05) is 72.8 Å². The fourth-order valence-electron chi connectivity index (χ4n) is 3.16. The van der Waals surface area contributed by atoms with Gasteiger partial charge in [-0.2, -0.15) is 0 Å². The number of amides is 2. The lowest BCUT2D eigenvalue weighted by Gasteiger charge is -2.23. The third kappa shape index (κ3) is 5.20. The molecule has 0 saturated carbocycles. The van der Waals surface area contributed by atoms with E-state index in [1.54, 1.807) is 31.2 Å². The molecule has 0 unspecified atom stereocenters. The van der Waals surface area contributed by atoms with Gasteiger partial charge in [0.2, 0.25) is 11.8 Å². The molecule has 0 bridgehead atoms. The fraction of sp³-hybridized carbons (Fsp3) is 0.160. The van der Waals surface area contributed by atoms with Crippen LogP contribution in [0, 0.1) is 0 Å². The molecule has 0 saturated heterocycles. The van der Waals surface area contributed by atoms with Crippen molar-refractivity contribution >= 4 is 23.5 Å². The molecule has 5 heteroatoms. The van der Waals surface area contributed by atoms with Crippen molar-refractivity contribution in [3.05, 3.63) is 102 Å². The molecule has 0 atom stereocenters. The van der Waals surface area contributed by atoms with Crippen molar-refractivity contribution in [2.75, 3.05) is 11.5 Å². The first-order valence-electron chi connectivity index (χ1n) is 9.80. The first-order valence-corrected chi connectivity index (χ1v) is 9.80. The molecule has 0 fully saturated rings. The lowest BCUT2D eigenvalue weighted by molar-refractivity contribution is -0.125. The lowest BCUT2D eigenvalue weighted by Crippen LogP contribution is -2.40. The van der Waals surface area contributed by atoms with Crippen LogP contribution in [0.25, 0.3) is 0 Å². The SMILES string of the molecule is CCOC(=O)c1ccccc1N(C(=O)Cc1ccccc1)C(=O)Cc1ccccc1. The Labute approximate surface area is 175 Å². The zero-order chi connectivity index (χ0) is 21.3. The summed E-state index contributed by atoms with van der Waals surface area (Å²) >= 11 is 0. The first-order chi connectivity index (χ1) is 14.6. The molecule has 0 N–H and O–H groups in total. The number of para-hydroxylation sites is 1. The highest BCUT2D eigenvalue weighted by Crippen LogP contribution is 2.24. The molecular weight excluding hydrogens is 378 g/mol. The number of hydrogen-bond acceptors (Lipinski definition) is 4. The van der Waals surface area contributed by atoms with Gasteiger partial charge in [-0.25, -0.2) is 9.69 Å². The van der Waals surface area contributed by atoms with Crippen LogP contribution in [0.5, 0.6) is 0 Å². The molecule has 3 aromatic rings. The zero-order valence-corrected chi connectivity index (χ0v) is 16.8. The van der Waals surface area contributed by atoms with Crippen LogP contribution < -0.4 is 4.90 Å². The van der Waals surface area contributed by atoms with E-state index in [0.717, 1.165) is 16.0 Å². The van der Waals surface area contributed by atoms with Gasteiger partial charge in [-0.05, 0) is 30.2 Å². The molecular formula is C25H23NO4. The number of esters is 1. The van der Waals surface area contributed by atoms with Crippen LogP contribution in [-0.2, 0) is 27.2 Å². The zero-order valence-electron chi connectivity index (χ0n) is 16.8. The molecule has 0 heterocycles. The van der Waals surface area contributed by atoms with Crippen LogP contribution >= 0.6 is 0 Å². The second-order valence-electron chi connectivity index (χ2n) is 6.69. The van der Waals surface area contributed by atoms with E-state index in [0.29, 0.717) is 0 Å². The first kappa shape index (κ1) is 21.0. The summed E-state index contributed by atoms with van der Waals surface area (Å²) in [5.74, 6) is -1.38. The Balaban J connectivity index is 1.98. The van der Waals surface area contributed by atoms with Crippen molar-refractivity contribution in [1.29, 1.82) is 0 Å². The minimum atomic E-state index is -0.571. The number of anilines is 1. The Morgan fingerprint density at radius 1 is 0.700 bits per heavy atom. The molecule has 152 valence electrons. The molecule has 3 aromatic carbocycles. The summed E-state index contributed by atoms with van der Waals surface area (Å²) in [5.41, 5.74) is 1.99. The average Bonchev–Trinajstić information content (AvgIpc) is 2.76. The molecule has 3 rings (SSSR count). The number of ether oxygens (including phenoxy) is 1. The van der Waals surface area contributed by atoms with Gasteiger partial charge in [-0.15, -0.1) is 0 Å². The van der Waals surface area contributed by atoms with Crippen LogP contribution in [-0.4, -0.2) is 24.4 Å². The molecule has 5 nitrogen and oxygen atoms in total. The molecule has 0 spiro atoms. The maximum absolute atomic E-state index is 13.2. The van der Waals surface area contributed by atoms with E-state index in [2.05, 4.69) is 0 Å². The number of hydrogen-bond donors (Lipinski definition) is 0. The summed E-state index contributed by atoms with van der Waals surface area (Å²) in [4.78, 5) is 40.0. The van der Waals surface area contributed by atoms with Gasteiger partial charge in [0.15, 0.2) is 0 Å². The number of rotatable bonds is 7. The monoisotopic (exact) mass is 401 g/mol. The minimum absolute atomic E-state index is 0.0402. The number of benzene rings is 3. The number of carbonyl (C=O) groups excluding carboxylic acids is 3. The van der Waals surface area contributed by atoms with Crippen LogP contribution in [0.1, 0.15) is 28.4 Å². The van der Waals surface area contributed by atoms with Crippen molar-refractivity contribution in [3.63, 3.8) is 0 Å². The summed E-state index contributed by atoms with van der Waals surface area (Å²) < 4.78 is 5.13. The molecule has 30 heavy (non-hydrogen) atoms. The van der Waals surface area contributed by atoms with Gasteiger partial charge in [0.1, 0.15) is 0 Å². The smallest absolute Gasteiger partial charge is 0.340 e. The Morgan fingerprint density at radius 2 is 1.17 bits per heavy atom. The summed E-state index contributed by atoms with van der Waals surface area (Å²) in [6, 6.07) is 24.9. The van der Waals surface area contributed by atoms with E-state index in [1.807, 2.05) is 60.7 Å². The van der Waals surface area contributed by atoms with Crippen molar-refractivity contribution in [2.24, 2.45) is 0 Å². The average molecular weight is 401 g/mol. The second kappa shape index (κ2) is 10.2. The Morgan fingerprint density at radius 3 is 1.67 bits per heavy atom. The molecule has 0 aromatic heterocycles. The molecule has 0 aliphatic heterocycles. The summed E-state index contributed by atoms with van der Waals surface area (Å²) in [7, 11) is 0. The summed E-state index contributed by atoms with van der Waals surface area (Å²) in [6.07, 6.45) is 0.0804. The van der Waals surface area contributed by atoms with E-state index < -0.39 is 17.8 Å². The molecule has 0 radical (unpaired) electrons. The summed E-state index contributed by atoms with van der Waals surface area (Å²) in [5, 5.41) is 0. The van der Waals surface area contributed by atoms with Crippen LogP contribution in [0.3, 0.4) is 0 Å². The van der Waals surface area contributed by atoms with E-state index in [1.165, 1.54) is 0 Å². The van der Waals surface area contributed by atoms with Crippen LogP contribution in [0.4, 0.5) is 5.69 Å². The third-order valence-electron chi connectivity index (χ3n) is 4.54. The minimum Gasteiger partial charge on any atom is -0.462 e. The van der Waals surface area contributed by atoms with Crippen LogP contribution in [0.15, 0.2) is 84.9 Å². The largest absolute Gasteiger partial charge is 0.462 e. The Hall–Kier alpha value is -3.73. The van der Waals surface area contributed by atoms with Crippen molar-refractivity contribution in [3.8, 4) is 0 Å². The molecule has 2 amide bonds. The normalized spacial score (nSPS) is 10.3. The second-order valence-corrected chi connectivity index (χ2v) is 6.69. The van der Waals surface area contributed by atoms with Gasteiger partial charge in [-0.3, -0.25) is 9.59 Å².